The van der Waals surface area contributed by atoms with Crippen LogP contribution in [0, 0.1) is 5.41 Å². The summed E-state index contributed by atoms with van der Waals surface area (Å²) >= 11 is 0. The van der Waals surface area contributed by atoms with Gasteiger partial charge in [0.05, 0.1) is 0 Å². The van der Waals surface area contributed by atoms with E-state index in [1.807, 2.05) is 0 Å². The Balaban J connectivity index is 2.13. The number of hydrogen-bond acceptors (Lipinski definition) is 1. The molecule has 0 saturated heterocycles. The molecule has 1 aliphatic rings. The summed E-state index contributed by atoms with van der Waals surface area (Å²) in [6.45, 7) is 4.53. The molecule has 0 aromatic rings. The molecule has 0 bridgehead atoms. The van der Waals surface area contributed by atoms with Crippen molar-refractivity contribution >= 4 is 0 Å². The molecule has 0 heterocycles. The standard InChI is InChI=1S/C8H17N/c1-3-4-5-8(2)6-7(8)9/h7H,3-6,9H2,1-2H3. The van der Waals surface area contributed by atoms with Crippen molar-refractivity contribution in [3.8, 4) is 0 Å². The zero-order chi connectivity index (χ0) is 6.91. The molecule has 54 valence electrons. The predicted octanol–water partition coefficient (Wildman–Crippen LogP) is 1.91. The molecule has 0 radical (unpaired) electrons. The van der Waals surface area contributed by atoms with Crippen molar-refractivity contribution in [3.63, 3.8) is 0 Å². The molecule has 1 saturated carbocycles. The molecule has 2 N–H and O–H groups in total. The van der Waals surface area contributed by atoms with Gasteiger partial charge in [-0.2, -0.15) is 0 Å². The summed E-state index contributed by atoms with van der Waals surface area (Å²) in [4.78, 5) is 0. The Morgan fingerprint density at radius 3 is 2.56 bits per heavy atom. The van der Waals surface area contributed by atoms with Gasteiger partial charge in [0.15, 0.2) is 0 Å². The fraction of sp³-hybridized carbons (Fsp3) is 1.00. The van der Waals surface area contributed by atoms with Crippen LogP contribution in [-0.2, 0) is 0 Å². The van der Waals surface area contributed by atoms with Crippen molar-refractivity contribution in [2.24, 2.45) is 11.1 Å². The lowest BCUT2D eigenvalue weighted by Crippen LogP contribution is -2.09. The molecule has 1 aliphatic carbocycles. The van der Waals surface area contributed by atoms with Crippen molar-refractivity contribution in [1.82, 2.24) is 0 Å². The Bertz CT molecular complexity index is 101. The van der Waals surface area contributed by atoms with Gasteiger partial charge in [-0.15, -0.1) is 0 Å². The van der Waals surface area contributed by atoms with E-state index < -0.39 is 0 Å². The minimum Gasteiger partial charge on any atom is -0.327 e. The van der Waals surface area contributed by atoms with Crippen LogP contribution in [0.3, 0.4) is 0 Å². The molecular formula is C8H17N. The zero-order valence-electron chi connectivity index (χ0n) is 6.48. The SMILES string of the molecule is CCCCC1(C)CC1N. The third-order valence-corrected chi connectivity index (χ3v) is 2.52. The number of nitrogens with two attached hydrogens (primary N) is 1. The fourth-order valence-electron chi connectivity index (χ4n) is 1.31. The van der Waals surface area contributed by atoms with Gasteiger partial charge in [0.1, 0.15) is 0 Å². The molecule has 1 fully saturated rings. The highest BCUT2D eigenvalue weighted by molar-refractivity contribution is 5.02. The third-order valence-electron chi connectivity index (χ3n) is 2.52. The minimum absolute atomic E-state index is 0.518. The van der Waals surface area contributed by atoms with E-state index in [-0.39, 0.29) is 0 Å². The van der Waals surface area contributed by atoms with Gasteiger partial charge in [-0.3, -0.25) is 0 Å². The second-order valence-electron chi connectivity index (χ2n) is 3.57. The lowest BCUT2D eigenvalue weighted by atomic mass is 10.0. The van der Waals surface area contributed by atoms with E-state index in [0.717, 1.165) is 0 Å². The van der Waals surface area contributed by atoms with E-state index in [1.54, 1.807) is 0 Å². The molecule has 2 atom stereocenters. The number of hydrogen-bond donors (Lipinski definition) is 1. The monoisotopic (exact) mass is 127 g/mol. The first-order chi connectivity index (χ1) is 4.19. The first kappa shape index (κ1) is 7.07. The van der Waals surface area contributed by atoms with Gasteiger partial charge < -0.3 is 5.73 Å². The highest BCUT2D eigenvalue weighted by Crippen LogP contribution is 2.47. The van der Waals surface area contributed by atoms with E-state index in [1.165, 1.54) is 25.7 Å². The van der Waals surface area contributed by atoms with Crippen LogP contribution in [0.25, 0.3) is 0 Å². The fourth-order valence-corrected chi connectivity index (χ4v) is 1.31. The Labute approximate surface area is 57.6 Å². The van der Waals surface area contributed by atoms with E-state index in [9.17, 15) is 0 Å². The van der Waals surface area contributed by atoms with Gasteiger partial charge in [0.25, 0.3) is 0 Å². The summed E-state index contributed by atoms with van der Waals surface area (Å²) in [5, 5.41) is 0. The highest BCUT2D eigenvalue weighted by atomic mass is 14.8. The summed E-state index contributed by atoms with van der Waals surface area (Å²) in [6, 6.07) is 0.518. The van der Waals surface area contributed by atoms with Crippen LogP contribution in [0.1, 0.15) is 39.5 Å². The average molecular weight is 127 g/mol. The zero-order valence-corrected chi connectivity index (χ0v) is 6.48. The number of rotatable bonds is 3. The maximum Gasteiger partial charge on any atom is 0.00992 e. The molecule has 2 unspecified atom stereocenters. The lowest BCUT2D eigenvalue weighted by molar-refractivity contribution is 0.472. The normalized spacial score (nSPS) is 41.0. The van der Waals surface area contributed by atoms with Gasteiger partial charge in [-0.1, -0.05) is 26.7 Å². The smallest absolute Gasteiger partial charge is 0.00992 e. The Hall–Kier alpha value is -0.0400. The molecule has 1 nitrogen and oxygen atoms in total. The third kappa shape index (κ3) is 1.45. The summed E-state index contributed by atoms with van der Waals surface area (Å²) < 4.78 is 0. The molecule has 0 amide bonds. The molecule has 9 heavy (non-hydrogen) atoms. The largest absolute Gasteiger partial charge is 0.327 e. The van der Waals surface area contributed by atoms with Crippen LogP contribution in [0.5, 0.6) is 0 Å². The van der Waals surface area contributed by atoms with Gasteiger partial charge in [0, 0.05) is 6.04 Å². The van der Waals surface area contributed by atoms with Crippen LogP contribution in [0.2, 0.25) is 0 Å². The maximum absolute atomic E-state index is 5.74. The summed E-state index contributed by atoms with van der Waals surface area (Å²) in [5.41, 5.74) is 6.28. The van der Waals surface area contributed by atoms with Crippen LogP contribution in [0.15, 0.2) is 0 Å². The Morgan fingerprint density at radius 2 is 2.22 bits per heavy atom. The van der Waals surface area contributed by atoms with Gasteiger partial charge in [0.2, 0.25) is 0 Å². The molecular weight excluding hydrogens is 110 g/mol. The number of unbranched alkanes of at least 4 members (excludes halogenated alkanes) is 1. The van der Waals surface area contributed by atoms with Crippen molar-refractivity contribution in [1.29, 1.82) is 0 Å². The topological polar surface area (TPSA) is 26.0 Å². The second-order valence-corrected chi connectivity index (χ2v) is 3.57. The predicted molar refractivity (Wildman–Crippen MR) is 40.2 cm³/mol. The molecule has 0 aromatic heterocycles. The van der Waals surface area contributed by atoms with Crippen LogP contribution < -0.4 is 5.73 Å². The first-order valence-electron chi connectivity index (χ1n) is 3.94. The van der Waals surface area contributed by atoms with Crippen LogP contribution in [-0.4, -0.2) is 6.04 Å². The molecule has 0 aliphatic heterocycles. The van der Waals surface area contributed by atoms with Gasteiger partial charge >= 0.3 is 0 Å². The molecule has 1 rings (SSSR count). The molecule has 0 spiro atoms. The van der Waals surface area contributed by atoms with E-state index in [0.29, 0.717) is 11.5 Å². The van der Waals surface area contributed by atoms with E-state index >= 15 is 0 Å². The van der Waals surface area contributed by atoms with Gasteiger partial charge in [-0.25, -0.2) is 0 Å². The van der Waals surface area contributed by atoms with Crippen molar-refractivity contribution in [2.45, 2.75) is 45.6 Å². The van der Waals surface area contributed by atoms with Crippen LogP contribution in [0.4, 0.5) is 0 Å². The van der Waals surface area contributed by atoms with E-state index in [4.69, 9.17) is 5.73 Å². The maximum atomic E-state index is 5.74. The van der Waals surface area contributed by atoms with Crippen LogP contribution >= 0.6 is 0 Å². The Kier molecular flexibility index (Phi) is 1.80. The van der Waals surface area contributed by atoms with Gasteiger partial charge in [-0.05, 0) is 18.3 Å². The van der Waals surface area contributed by atoms with Crippen molar-refractivity contribution < 1.29 is 0 Å². The van der Waals surface area contributed by atoms with E-state index in [2.05, 4.69) is 13.8 Å². The average Bonchev–Trinajstić information content (AvgIpc) is 2.38. The first-order valence-corrected chi connectivity index (χ1v) is 3.94. The second kappa shape index (κ2) is 2.30. The Morgan fingerprint density at radius 1 is 1.67 bits per heavy atom. The summed E-state index contributed by atoms with van der Waals surface area (Å²) in [7, 11) is 0. The summed E-state index contributed by atoms with van der Waals surface area (Å²) in [6.07, 6.45) is 5.25. The summed E-state index contributed by atoms with van der Waals surface area (Å²) in [5.74, 6) is 0. The minimum atomic E-state index is 0.518. The lowest BCUT2D eigenvalue weighted by Gasteiger charge is -2.06. The molecule has 0 aromatic carbocycles. The van der Waals surface area contributed by atoms with Crippen molar-refractivity contribution in [3.05, 3.63) is 0 Å². The quantitative estimate of drug-likeness (QED) is 0.615. The molecule has 1 heteroatoms. The highest BCUT2D eigenvalue weighted by Gasteiger charge is 2.46. The van der Waals surface area contributed by atoms with Crippen molar-refractivity contribution in [2.75, 3.05) is 0 Å².